The van der Waals surface area contributed by atoms with Crippen LogP contribution in [0.2, 0.25) is 0 Å². The Hall–Kier alpha value is -1.84. The summed E-state index contributed by atoms with van der Waals surface area (Å²) in [5, 5.41) is 13.7. The highest BCUT2D eigenvalue weighted by molar-refractivity contribution is 5.39. The molecule has 0 aromatic heterocycles. The monoisotopic (exact) mass is 297 g/mol. The number of ether oxygens (including phenoxy) is 1. The van der Waals surface area contributed by atoms with Crippen molar-refractivity contribution in [2.75, 3.05) is 6.61 Å². The van der Waals surface area contributed by atoms with Gasteiger partial charge in [-0.3, -0.25) is 0 Å². The predicted molar refractivity (Wildman–Crippen MR) is 88.1 cm³/mol. The van der Waals surface area contributed by atoms with Crippen molar-refractivity contribution < 1.29 is 9.84 Å². The van der Waals surface area contributed by atoms with Crippen molar-refractivity contribution in [3.8, 4) is 5.75 Å². The number of hydrogen-bond acceptors (Lipinski definition) is 3. The van der Waals surface area contributed by atoms with E-state index in [1.807, 2.05) is 31.2 Å². The van der Waals surface area contributed by atoms with Crippen LogP contribution in [0.4, 0.5) is 0 Å². The maximum atomic E-state index is 10.3. The van der Waals surface area contributed by atoms with Crippen LogP contribution in [0.3, 0.4) is 0 Å². The van der Waals surface area contributed by atoms with E-state index in [0.717, 1.165) is 25.3 Å². The Bertz CT molecular complexity index is 612. The summed E-state index contributed by atoms with van der Waals surface area (Å²) in [6.07, 6.45) is 1.28. The number of fused-ring (bicyclic) bond motifs is 1. The fourth-order valence-electron chi connectivity index (χ4n) is 2.80. The average Bonchev–Trinajstić information content (AvgIpc) is 3.01. The first-order valence-electron chi connectivity index (χ1n) is 7.92. The second-order valence-corrected chi connectivity index (χ2v) is 5.97. The van der Waals surface area contributed by atoms with E-state index in [0.29, 0.717) is 6.42 Å². The summed E-state index contributed by atoms with van der Waals surface area (Å²) < 4.78 is 5.52. The van der Waals surface area contributed by atoms with Gasteiger partial charge in [0, 0.05) is 19.0 Å². The highest BCUT2D eigenvalue weighted by Gasteiger charge is 2.15. The van der Waals surface area contributed by atoms with Crippen LogP contribution in [0.15, 0.2) is 48.5 Å². The number of rotatable bonds is 6. The second kappa shape index (κ2) is 6.95. The Balaban J connectivity index is 1.52. The van der Waals surface area contributed by atoms with Gasteiger partial charge in [0.25, 0.3) is 0 Å². The van der Waals surface area contributed by atoms with Crippen LogP contribution in [-0.4, -0.2) is 23.9 Å². The third kappa shape index (κ3) is 3.67. The van der Waals surface area contributed by atoms with E-state index in [4.69, 9.17) is 4.74 Å². The summed E-state index contributed by atoms with van der Waals surface area (Å²) in [4.78, 5) is 0. The molecule has 2 unspecified atom stereocenters. The molecule has 116 valence electrons. The van der Waals surface area contributed by atoms with Gasteiger partial charge in [0.2, 0.25) is 0 Å². The molecule has 0 fully saturated rings. The molecule has 2 atom stereocenters. The highest BCUT2D eigenvalue weighted by Crippen LogP contribution is 2.25. The molecule has 3 rings (SSSR count). The van der Waals surface area contributed by atoms with Gasteiger partial charge in [-0.15, -0.1) is 0 Å². The van der Waals surface area contributed by atoms with Crippen LogP contribution in [0.25, 0.3) is 0 Å². The molecule has 22 heavy (non-hydrogen) atoms. The van der Waals surface area contributed by atoms with Crippen LogP contribution >= 0.6 is 0 Å². The predicted octanol–water partition coefficient (Wildman–Crippen LogP) is 2.70. The summed E-state index contributed by atoms with van der Waals surface area (Å²) >= 11 is 0. The van der Waals surface area contributed by atoms with E-state index in [9.17, 15) is 5.11 Å². The molecule has 0 saturated carbocycles. The van der Waals surface area contributed by atoms with Crippen molar-refractivity contribution >= 4 is 0 Å². The van der Waals surface area contributed by atoms with Gasteiger partial charge in [-0.05, 0) is 36.1 Å². The Morgan fingerprint density at radius 3 is 2.77 bits per heavy atom. The molecule has 1 aliphatic rings. The number of aliphatic hydroxyl groups is 1. The molecule has 2 aromatic carbocycles. The van der Waals surface area contributed by atoms with Crippen molar-refractivity contribution in [2.45, 2.75) is 38.5 Å². The highest BCUT2D eigenvalue weighted by atomic mass is 16.5. The minimum absolute atomic E-state index is 0.0460. The fraction of sp³-hybridized carbons (Fsp3) is 0.368. The lowest BCUT2D eigenvalue weighted by Crippen LogP contribution is -2.38. The van der Waals surface area contributed by atoms with Crippen LogP contribution in [0, 0.1) is 0 Å². The summed E-state index contributed by atoms with van der Waals surface area (Å²) in [5.41, 5.74) is 3.69. The molecule has 1 heterocycles. The molecule has 0 radical (unpaired) electrons. The normalized spacial score (nSPS) is 15.9. The molecule has 0 saturated heterocycles. The standard InChI is InChI=1S/C19H23NO2/c1-14(18(21)12-15-5-3-2-4-6-15)20-13-16-7-8-19-17(11-16)9-10-22-19/h2-8,11,14,18,20-21H,9-10,12-13H2,1H3. The summed E-state index contributed by atoms with van der Waals surface area (Å²) in [5.74, 6) is 1.01. The maximum Gasteiger partial charge on any atom is 0.122 e. The second-order valence-electron chi connectivity index (χ2n) is 5.97. The molecule has 2 N–H and O–H groups in total. The van der Waals surface area contributed by atoms with Gasteiger partial charge in [0.05, 0.1) is 12.7 Å². The van der Waals surface area contributed by atoms with E-state index >= 15 is 0 Å². The molecule has 0 bridgehead atoms. The molecular formula is C19H23NO2. The van der Waals surface area contributed by atoms with Gasteiger partial charge in [-0.25, -0.2) is 0 Å². The zero-order valence-electron chi connectivity index (χ0n) is 13.0. The van der Waals surface area contributed by atoms with Gasteiger partial charge < -0.3 is 15.2 Å². The van der Waals surface area contributed by atoms with Gasteiger partial charge in [0.15, 0.2) is 0 Å². The van der Waals surface area contributed by atoms with Crippen LogP contribution in [0.5, 0.6) is 5.75 Å². The van der Waals surface area contributed by atoms with E-state index in [2.05, 4.69) is 29.6 Å². The van der Waals surface area contributed by atoms with Crippen molar-refractivity contribution in [3.63, 3.8) is 0 Å². The molecule has 0 spiro atoms. The number of benzene rings is 2. The number of nitrogens with one attached hydrogen (secondary N) is 1. The van der Waals surface area contributed by atoms with Gasteiger partial charge in [0.1, 0.15) is 5.75 Å². The van der Waals surface area contributed by atoms with Crippen molar-refractivity contribution in [2.24, 2.45) is 0 Å². The summed E-state index contributed by atoms with van der Waals surface area (Å²) in [7, 11) is 0. The molecule has 0 amide bonds. The number of hydrogen-bond donors (Lipinski definition) is 2. The zero-order chi connectivity index (χ0) is 15.4. The van der Waals surface area contributed by atoms with E-state index in [1.165, 1.54) is 16.7 Å². The Morgan fingerprint density at radius 1 is 1.14 bits per heavy atom. The first kappa shape index (κ1) is 15.1. The van der Waals surface area contributed by atoms with Crippen LogP contribution in [-0.2, 0) is 19.4 Å². The lowest BCUT2D eigenvalue weighted by Gasteiger charge is -2.20. The summed E-state index contributed by atoms with van der Waals surface area (Å²) in [6.45, 7) is 3.59. The Labute approximate surface area is 131 Å². The van der Waals surface area contributed by atoms with Crippen molar-refractivity contribution in [1.82, 2.24) is 5.32 Å². The topological polar surface area (TPSA) is 41.5 Å². The third-order valence-corrected chi connectivity index (χ3v) is 4.25. The van der Waals surface area contributed by atoms with E-state index in [1.54, 1.807) is 0 Å². The zero-order valence-corrected chi connectivity index (χ0v) is 13.0. The Kier molecular flexibility index (Phi) is 4.76. The SMILES string of the molecule is CC(NCc1ccc2c(c1)CCO2)C(O)Cc1ccccc1. The summed E-state index contributed by atoms with van der Waals surface area (Å²) in [6, 6.07) is 16.5. The molecular weight excluding hydrogens is 274 g/mol. The van der Waals surface area contributed by atoms with Crippen molar-refractivity contribution in [1.29, 1.82) is 0 Å². The van der Waals surface area contributed by atoms with Gasteiger partial charge in [-0.2, -0.15) is 0 Å². The first-order valence-corrected chi connectivity index (χ1v) is 7.92. The van der Waals surface area contributed by atoms with Crippen LogP contribution < -0.4 is 10.1 Å². The number of aliphatic hydroxyl groups excluding tert-OH is 1. The minimum atomic E-state index is -0.389. The lowest BCUT2D eigenvalue weighted by atomic mass is 10.0. The molecule has 3 heteroatoms. The maximum absolute atomic E-state index is 10.3. The van der Waals surface area contributed by atoms with E-state index in [-0.39, 0.29) is 12.1 Å². The van der Waals surface area contributed by atoms with Gasteiger partial charge >= 0.3 is 0 Å². The average molecular weight is 297 g/mol. The van der Waals surface area contributed by atoms with Crippen molar-refractivity contribution in [3.05, 3.63) is 65.2 Å². The van der Waals surface area contributed by atoms with Crippen LogP contribution in [0.1, 0.15) is 23.6 Å². The smallest absolute Gasteiger partial charge is 0.122 e. The fourth-order valence-corrected chi connectivity index (χ4v) is 2.80. The molecule has 1 aliphatic heterocycles. The molecule has 3 nitrogen and oxygen atoms in total. The molecule has 2 aromatic rings. The third-order valence-electron chi connectivity index (χ3n) is 4.25. The Morgan fingerprint density at radius 2 is 1.95 bits per heavy atom. The van der Waals surface area contributed by atoms with E-state index < -0.39 is 0 Å². The largest absolute Gasteiger partial charge is 0.493 e. The first-order chi connectivity index (χ1) is 10.7. The quantitative estimate of drug-likeness (QED) is 0.861. The molecule has 0 aliphatic carbocycles. The minimum Gasteiger partial charge on any atom is -0.493 e. The van der Waals surface area contributed by atoms with Gasteiger partial charge in [-0.1, -0.05) is 42.5 Å². The lowest BCUT2D eigenvalue weighted by molar-refractivity contribution is 0.134.